The standard InChI is InChI=1S/C25H33FN4O3/c1-29(18-20-6-3-2-4-7-20)25(33)22-16-21(17-28-24(22)32)23(31)27-12-5-8-19-9-13-30(14-10-19)15-11-26/h2-4,6-7,16-17,19H,5,8-15,18H2,1H3,(H,27,31)(H,28,32). The number of rotatable bonds is 10. The lowest BCUT2D eigenvalue weighted by Gasteiger charge is -2.31. The molecule has 2 amide bonds. The number of pyridine rings is 1. The molecule has 3 rings (SSSR count). The van der Waals surface area contributed by atoms with Crippen LogP contribution in [0.15, 0.2) is 47.4 Å². The molecule has 7 nitrogen and oxygen atoms in total. The van der Waals surface area contributed by atoms with Gasteiger partial charge in [-0.15, -0.1) is 0 Å². The molecule has 0 unspecified atom stereocenters. The van der Waals surface area contributed by atoms with Crippen LogP contribution in [0.5, 0.6) is 0 Å². The molecule has 0 saturated carbocycles. The molecule has 8 heteroatoms. The number of halogens is 1. The highest BCUT2D eigenvalue weighted by molar-refractivity contribution is 5.99. The molecular weight excluding hydrogens is 423 g/mol. The minimum atomic E-state index is -0.518. The Morgan fingerprint density at radius 1 is 1.21 bits per heavy atom. The summed E-state index contributed by atoms with van der Waals surface area (Å²) < 4.78 is 12.4. The molecule has 1 saturated heterocycles. The second kappa shape index (κ2) is 12.3. The average molecular weight is 457 g/mol. The molecule has 0 spiro atoms. The van der Waals surface area contributed by atoms with E-state index in [1.807, 2.05) is 30.3 Å². The van der Waals surface area contributed by atoms with E-state index in [0.29, 0.717) is 25.6 Å². The van der Waals surface area contributed by atoms with E-state index in [1.54, 1.807) is 7.05 Å². The van der Waals surface area contributed by atoms with Gasteiger partial charge in [-0.25, -0.2) is 4.39 Å². The fraction of sp³-hybridized carbons (Fsp3) is 0.480. The van der Waals surface area contributed by atoms with E-state index < -0.39 is 11.5 Å². The third kappa shape index (κ3) is 7.25. The second-order valence-corrected chi connectivity index (χ2v) is 8.65. The van der Waals surface area contributed by atoms with E-state index in [9.17, 15) is 18.8 Å². The zero-order chi connectivity index (χ0) is 23.6. The number of amides is 2. The van der Waals surface area contributed by atoms with Gasteiger partial charge in [0, 0.05) is 32.9 Å². The first kappa shape index (κ1) is 24.6. The number of likely N-dealkylation sites (tertiary alicyclic amines) is 1. The molecule has 178 valence electrons. The maximum absolute atomic E-state index is 12.8. The molecule has 1 aromatic carbocycles. The number of H-pyrrole nitrogens is 1. The van der Waals surface area contributed by atoms with Crippen molar-refractivity contribution >= 4 is 11.8 Å². The summed E-state index contributed by atoms with van der Waals surface area (Å²) in [7, 11) is 1.63. The Labute approximate surface area is 194 Å². The first-order chi connectivity index (χ1) is 16.0. The molecule has 33 heavy (non-hydrogen) atoms. The van der Waals surface area contributed by atoms with Gasteiger partial charge in [-0.05, 0) is 56.3 Å². The van der Waals surface area contributed by atoms with Crippen LogP contribution in [0.4, 0.5) is 4.39 Å². The van der Waals surface area contributed by atoms with Crippen LogP contribution in [-0.2, 0) is 6.54 Å². The minimum absolute atomic E-state index is 0.0545. The third-order valence-corrected chi connectivity index (χ3v) is 6.19. The van der Waals surface area contributed by atoms with Gasteiger partial charge in [0.05, 0.1) is 5.56 Å². The Kier molecular flexibility index (Phi) is 9.18. The van der Waals surface area contributed by atoms with Crippen molar-refractivity contribution in [1.82, 2.24) is 20.1 Å². The quantitative estimate of drug-likeness (QED) is 0.539. The Morgan fingerprint density at radius 3 is 2.64 bits per heavy atom. The number of aromatic amines is 1. The Balaban J connectivity index is 1.48. The molecule has 0 atom stereocenters. The van der Waals surface area contributed by atoms with Gasteiger partial charge in [0.2, 0.25) is 0 Å². The third-order valence-electron chi connectivity index (χ3n) is 6.19. The maximum Gasteiger partial charge on any atom is 0.260 e. The Bertz CT molecular complexity index is 971. The predicted molar refractivity (Wildman–Crippen MR) is 126 cm³/mol. The molecule has 0 bridgehead atoms. The van der Waals surface area contributed by atoms with Crippen molar-refractivity contribution < 1.29 is 14.0 Å². The van der Waals surface area contributed by atoms with E-state index in [1.165, 1.54) is 17.2 Å². The number of hydrogen-bond donors (Lipinski definition) is 2. The number of aromatic nitrogens is 1. The SMILES string of the molecule is CN(Cc1ccccc1)C(=O)c1cc(C(=O)NCCCC2CCN(CCF)CC2)c[nH]c1=O. The summed E-state index contributed by atoms with van der Waals surface area (Å²) in [6.45, 7) is 3.00. The number of hydrogen-bond acceptors (Lipinski definition) is 4. The summed E-state index contributed by atoms with van der Waals surface area (Å²) in [5.74, 6) is -0.146. The van der Waals surface area contributed by atoms with Crippen molar-refractivity contribution in [2.24, 2.45) is 5.92 Å². The van der Waals surface area contributed by atoms with Crippen molar-refractivity contribution in [3.63, 3.8) is 0 Å². The van der Waals surface area contributed by atoms with E-state index in [-0.39, 0.29) is 23.7 Å². The zero-order valence-electron chi connectivity index (χ0n) is 19.2. The van der Waals surface area contributed by atoms with Gasteiger partial charge in [0.25, 0.3) is 17.4 Å². The lowest BCUT2D eigenvalue weighted by Crippen LogP contribution is -2.35. The van der Waals surface area contributed by atoms with Crippen LogP contribution in [0.2, 0.25) is 0 Å². The maximum atomic E-state index is 12.8. The zero-order valence-corrected chi connectivity index (χ0v) is 19.2. The predicted octanol–water partition coefficient (Wildman–Crippen LogP) is 2.84. The Morgan fingerprint density at radius 2 is 1.94 bits per heavy atom. The van der Waals surface area contributed by atoms with E-state index in [0.717, 1.165) is 44.3 Å². The topological polar surface area (TPSA) is 85.5 Å². The molecule has 1 aliphatic heterocycles. The summed E-state index contributed by atoms with van der Waals surface area (Å²) >= 11 is 0. The summed E-state index contributed by atoms with van der Waals surface area (Å²) in [6.07, 6.45) is 5.34. The van der Waals surface area contributed by atoms with Gasteiger partial charge in [-0.3, -0.25) is 14.4 Å². The van der Waals surface area contributed by atoms with Crippen molar-refractivity contribution in [2.75, 3.05) is 39.9 Å². The smallest absolute Gasteiger partial charge is 0.260 e. The van der Waals surface area contributed by atoms with Crippen LogP contribution in [0.3, 0.4) is 0 Å². The first-order valence-corrected chi connectivity index (χ1v) is 11.6. The average Bonchev–Trinajstić information content (AvgIpc) is 2.83. The fourth-order valence-corrected chi connectivity index (χ4v) is 4.22. The van der Waals surface area contributed by atoms with Gasteiger partial charge in [0.1, 0.15) is 12.2 Å². The molecule has 2 N–H and O–H groups in total. The molecule has 2 aromatic rings. The number of nitrogens with zero attached hydrogens (tertiary/aromatic N) is 2. The van der Waals surface area contributed by atoms with E-state index in [4.69, 9.17) is 0 Å². The van der Waals surface area contributed by atoms with Crippen molar-refractivity contribution in [3.05, 3.63) is 69.6 Å². The Hall–Kier alpha value is -3.00. The van der Waals surface area contributed by atoms with Crippen molar-refractivity contribution in [3.8, 4) is 0 Å². The number of carbonyl (C=O) groups is 2. The molecule has 0 aliphatic carbocycles. The van der Waals surface area contributed by atoms with Crippen LogP contribution in [0.25, 0.3) is 0 Å². The van der Waals surface area contributed by atoms with Gasteiger partial charge in [0.15, 0.2) is 0 Å². The minimum Gasteiger partial charge on any atom is -0.352 e. The van der Waals surface area contributed by atoms with E-state index >= 15 is 0 Å². The van der Waals surface area contributed by atoms with Crippen LogP contribution in [0, 0.1) is 5.92 Å². The fourth-order valence-electron chi connectivity index (χ4n) is 4.22. The molecular formula is C25H33FN4O3. The highest BCUT2D eigenvalue weighted by Crippen LogP contribution is 2.21. The molecule has 1 fully saturated rings. The van der Waals surface area contributed by atoms with Gasteiger partial charge in [-0.1, -0.05) is 30.3 Å². The largest absolute Gasteiger partial charge is 0.352 e. The number of piperidine rings is 1. The number of nitrogens with one attached hydrogen (secondary N) is 2. The monoisotopic (exact) mass is 456 g/mol. The van der Waals surface area contributed by atoms with E-state index in [2.05, 4.69) is 15.2 Å². The van der Waals surface area contributed by atoms with Gasteiger partial charge in [-0.2, -0.15) is 0 Å². The van der Waals surface area contributed by atoms with Crippen LogP contribution >= 0.6 is 0 Å². The molecule has 0 radical (unpaired) electrons. The number of benzene rings is 1. The van der Waals surface area contributed by atoms with Crippen LogP contribution in [-0.4, -0.2) is 66.5 Å². The molecule has 2 heterocycles. The second-order valence-electron chi connectivity index (χ2n) is 8.65. The molecule has 1 aliphatic rings. The first-order valence-electron chi connectivity index (χ1n) is 11.6. The summed E-state index contributed by atoms with van der Waals surface area (Å²) in [6, 6.07) is 10.9. The summed E-state index contributed by atoms with van der Waals surface area (Å²) in [5, 5.41) is 2.88. The highest BCUT2D eigenvalue weighted by atomic mass is 19.1. The van der Waals surface area contributed by atoms with Crippen LogP contribution < -0.4 is 10.9 Å². The van der Waals surface area contributed by atoms with Crippen molar-refractivity contribution in [1.29, 1.82) is 0 Å². The molecule has 1 aromatic heterocycles. The van der Waals surface area contributed by atoms with Crippen LogP contribution in [0.1, 0.15) is 52.0 Å². The lowest BCUT2D eigenvalue weighted by molar-refractivity contribution is 0.0783. The van der Waals surface area contributed by atoms with Gasteiger partial charge >= 0.3 is 0 Å². The highest BCUT2D eigenvalue weighted by Gasteiger charge is 2.20. The van der Waals surface area contributed by atoms with Gasteiger partial charge < -0.3 is 20.1 Å². The summed E-state index contributed by atoms with van der Waals surface area (Å²) in [5.41, 5.74) is 0.633. The summed E-state index contributed by atoms with van der Waals surface area (Å²) in [4.78, 5) is 43.7. The number of carbonyl (C=O) groups excluding carboxylic acids is 2. The van der Waals surface area contributed by atoms with Crippen molar-refractivity contribution in [2.45, 2.75) is 32.2 Å². The normalized spacial score (nSPS) is 14.7. The lowest BCUT2D eigenvalue weighted by atomic mass is 9.92. The number of alkyl halides is 1.